The average Bonchev–Trinajstić information content (AvgIpc) is 2.80. The number of carbonyl (C=O) groups is 1. The molecule has 4 nitrogen and oxygen atoms in total. The van der Waals surface area contributed by atoms with Gasteiger partial charge in [-0.25, -0.2) is 0 Å². The van der Waals surface area contributed by atoms with Crippen molar-refractivity contribution in [2.24, 2.45) is 5.92 Å². The Kier molecular flexibility index (Phi) is 5.19. The normalized spacial score (nSPS) is 19.6. The van der Waals surface area contributed by atoms with E-state index in [4.69, 9.17) is 11.6 Å². The first-order chi connectivity index (χ1) is 9.17. The highest BCUT2D eigenvalue weighted by atomic mass is 35.5. The zero-order valence-electron chi connectivity index (χ0n) is 11.2. The van der Waals surface area contributed by atoms with Crippen LogP contribution in [0.1, 0.15) is 6.42 Å². The van der Waals surface area contributed by atoms with Crippen molar-refractivity contribution in [3.8, 4) is 0 Å². The fourth-order valence-electron chi connectivity index (χ4n) is 2.45. The highest BCUT2D eigenvalue weighted by molar-refractivity contribution is 6.30. The lowest BCUT2D eigenvalue weighted by Gasteiger charge is -2.15. The highest BCUT2D eigenvalue weighted by Crippen LogP contribution is 2.16. The topological polar surface area (TPSA) is 44.4 Å². The van der Waals surface area contributed by atoms with Gasteiger partial charge in [-0.1, -0.05) is 11.6 Å². The molecule has 5 heteroatoms. The Morgan fingerprint density at radius 1 is 1.42 bits per heavy atom. The zero-order valence-corrected chi connectivity index (χ0v) is 11.9. The van der Waals surface area contributed by atoms with Crippen LogP contribution in [0.5, 0.6) is 0 Å². The van der Waals surface area contributed by atoms with Gasteiger partial charge in [-0.15, -0.1) is 0 Å². The number of hydrogen-bond acceptors (Lipinski definition) is 3. The van der Waals surface area contributed by atoms with Gasteiger partial charge in [0.1, 0.15) is 0 Å². The van der Waals surface area contributed by atoms with E-state index in [1.807, 2.05) is 19.2 Å². The van der Waals surface area contributed by atoms with Crippen LogP contribution in [0.3, 0.4) is 0 Å². The molecule has 0 bridgehead atoms. The average molecular weight is 282 g/mol. The number of carbonyl (C=O) groups excluding carboxylic acids is 1. The third-order valence-corrected chi connectivity index (χ3v) is 3.61. The number of nitrogens with zero attached hydrogens (tertiary/aromatic N) is 1. The Hall–Kier alpha value is -1.10. The van der Waals surface area contributed by atoms with Crippen molar-refractivity contribution in [2.45, 2.75) is 6.42 Å². The summed E-state index contributed by atoms with van der Waals surface area (Å²) in [5.74, 6) is 0.695. The number of halogens is 1. The van der Waals surface area contributed by atoms with Crippen LogP contribution in [0, 0.1) is 5.92 Å². The summed E-state index contributed by atoms with van der Waals surface area (Å²) >= 11 is 5.80. The maximum atomic E-state index is 11.9. The number of likely N-dealkylation sites (tertiary alicyclic amines) is 1. The molecule has 2 N–H and O–H groups in total. The number of nitrogens with one attached hydrogen (secondary N) is 2. The molecule has 0 aliphatic carbocycles. The summed E-state index contributed by atoms with van der Waals surface area (Å²) in [6.45, 7) is 3.48. The first kappa shape index (κ1) is 14.3. The van der Waals surface area contributed by atoms with Gasteiger partial charge in [0.15, 0.2) is 0 Å². The van der Waals surface area contributed by atoms with E-state index in [2.05, 4.69) is 15.5 Å². The Balaban J connectivity index is 1.77. The predicted molar refractivity (Wildman–Crippen MR) is 78.6 cm³/mol. The predicted octanol–water partition coefficient (Wildman–Crippen LogP) is 1.82. The van der Waals surface area contributed by atoms with Crippen LogP contribution in [0.2, 0.25) is 5.02 Å². The molecule has 1 aromatic rings. The van der Waals surface area contributed by atoms with Gasteiger partial charge in [-0.05, 0) is 56.7 Å². The van der Waals surface area contributed by atoms with E-state index in [0.717, 1.165) is 31.7 Å². The number of hydrogen-bond donors (Lipinski definition) is 2. The number of rotatable bonds is 5. The summed E-state index contributed by atoms with van der Waals surface area (Å²) in [4.78, 5) is 14.1. The largest absolute Gasteiger partial charge is 0.325 e. The summed E-state index contributed by atoms with van der Waals surface area (Å²) in [6, 6.07) is 7.17. The maximum Gasteiger partial charge on any atom is 0.238 e. The molecule has 1 fully saturated rings. The van der Waals surface area contributed by atoms with Crippen LogP contribution >= 0.6 is 11.6 Å². The maximum absolute atomic E-state index is 11.9. The van der Waals surface area contributed by atoms with E-state index >= 15 is 0 Å². The third-order valence-electron chi connectivity index (χ3n) is 3.36. The molecule has 0 aromatic heterocycles. The van der Waals surface area contributed by atoms with Gasteiger partial charge in [-0.2, -0.15) is 0 Å². The zero-order chi connectivity index (χ0) is 13.7. The molecule has 1 aliphatic rings. The quantitative estimate of drug-likeness (QED) is 0.865. The van der Waals surface area contributed by atoms with Crippen LogP contribution in [0.25, 0.3) is 0 Å². The minimum atomic E-state index is 0.0347. The smallest absolute Gasteiger partial charge is 0.238 e. The summed E-state index contributed by atoms with van der Waals surface area (Å²) in [5.41, 5.74) is 0.792. The molecular weight excluding hydrogens is 262 g/mol. The number of anilines is 1. The Morgan fingerprint density at radius 2 is 2.16 bits per heavy atom. The van der Waals surface area contributed by atoms with Crippen LogP contribution in [-0.2, 0) is 4.79 Å². The summed E-state index contributed by atoms with van der Waals surface area (Å²) in [5, 5.41) is 6.75. The van der Waals surface area contributed by atoms with Crippen molar-refractivity contribution in [1.29, 1.82) is 0 Å². The Morgan fingerprint density at radius 3 is 2.84 bits per heavy atom. The van der Waals surface area contributed by atoms with E-state index in [1.54, 1.807) is 12.1 Å². The van der Waals surface area contributed by atoms with Crippen LogP contribution in [0.4, 0.5) is 5.69 Å². The van der Waals surface area contributed by atoms with Gasteiger partial charge < -0.3 is 10.6 Å². The summed E-state index contributed by atoms with van der Waals surface area (Å²) in [7, 11) is 1.97. The van der Waals surface area contributed by atoms with Gasteiger partial charge in [0.2, 0.25) is 5.91 Å². The third kappa shape index (κ3) is 4.49. The molecule has 0 saturated carbocycles. The van der Waals surface area contributed by atoms with Crippen LogP contribution < -0.4 is 10.6 Å². The minimum absolute atomic E-state index is 0.0347. The molecule has 1 unspecified atom stereocenters. The van der Waals surface area contributed by atoms with Crippen molar-refractivity contribution >= 4 is 23.2 Å². The molecule has 0 radical (unpaired) electrons. The van der Waals surface area contributed by atoms with E-state index in [-0.39, 0.29) is 5.91 Å². The molecule has 1 saturated heterocycles. The second-order valence-corrected chi connectivity index (χ2v) is 5.44. The standard InChI is InChI=1S/C14H20ClN3O/c1-16-8-11-6-7-18(9-11)10-14(19)17-13-4-2-12(15)3-5-13/h2-5,11,16H,6-10H2,1H3,(H,17,19). The first-order valence-electron chi connectivity index (χ1n) is 6.60. The summed E-state index contributed by atoms with van der Waals surface area (Å²) in [6.07, 6.45) is 1.16. The lowest BCUT2D eigenvalue weighted by molar-refractivity contribution is -0.117. The summed E-state index contributed by atoms with van der Waals surface area (Å²) < 4.78 is 0. The number of benzene rings is 1. The van der Waals surface area contributed by atoms with Gasteiger partial charge >= 0.3 is 0 Å². The fourth-order valence-corrected chi connectivity index (χ4v) is 2.57. The molecule has 1 atom stereocenters. The highest BCUT2D eigenvalue weighted by Gasteiger charge is 2.23. The van der Waals surface area contributed by atoms with Gasteiger partial charge in [0.05, 0.1) is 6.54 Å². The molecule has 1 amide bonds. The van der Waals surface area contributed by atoms with Crippen LogP contribution in [-0.4, -0.2) is 44.0 Å². The lowest BCUT2D eigenvalue weighted by Crippen LogP contribution is -2.32. The Labute approximate surface area is 119 Å². The monoisotopic (exact) mass is 281 g/mol. The van der Waals surface area contributed by atoms with E-state index in [1.165, 1.54) is 0 Å². The molecule has 0 spiro atoms. The van der Waals surface area contributed by atoms with E-state index in [0.29, 0.717) is 17.5 Å². The lowest BCUT2D eigenvalue weighted by atomic mass is 10.1. The van der Waals surface area contributed by atoms with Crippen molar-refractivity contribution in [3.63, 3.8) is 0 Å². The molecule has 1 heterocycles. The molecule has 1 aromatic carbocycles. The van der Waals surface area contributed by atoms with Gasteiger partial charge in [0, 0.05) is 17.3 Å². The first-order valence-corrected chi connectivity index (χ1v) is 6.97. The van der Waals surface area contributed by atoms with Crippen LogP contribution in [0.15, 0.2) is 24.3 Å². The van der Waals surface area contributed by atoms with Crippen molar-refractivity contribution < 1.29 is 4.79 Å². The number of amides is 1. The second kappa shape index (κ2) is 6.89. The molecule has 2 rings (SSSR count). The SMILES string of the molecule is CNCC1CCN(CC(=O)Nc2ccc(Cl)cc2)C1. The molecule has 104 valence electrons. The van der Waals surface area contributed by atoms with E-state index < -0.39 is 0 Å². The Bertz CT molecular complexity index is 421. The van der Waals surface area contributed by atoms with Crippen molar-refractivity contribution in [1.82, 2.24) is 10.2 Å². The molecule has 19 heavy (non-hydrogen) atoms. The van der Waals surface area contributed by atoms with Gasteiger partial charge in [-0.3, -0.25) is 9.69 Å². The van der Waals surface area contributed by atoms with Gasteiger partial charge in [0.25, 0.3) is 0 Å². The molecular formula is C14H20ClN3O. The van der Waals surface area contributed by atoms with Crippen molar-refractivity contribution in [2.75, 3.05) is 38.5 Å². The second-order valence-electron chi connectivity index (χ2n) is 5.00. The minimum Gasteiger partial charge on any atom is -0.325 e. The van der Waals surface area contributed by atoms with E-state index in [9.17, 15) is 4.79 Å². The fraction of sp³-hybridized carbons (Fsp3) is 0.500. The molecule has 1 aliphatic heterocycles. The van der Waals surface area contributed by atoms with Crippen molar-refractivity contribution in [3.05, 3.63) is 29.3 Å².